The summed E-state index contributed by atoms with van der Waals surface area (Å²) >= 11 is 0. The second-order valence-corrected chi connectivity index (χ2v) is 6.84. The van der Waals surface area contributed by atoms with Crippen molar-refractivity contribution in [2.75, 3.05) is 27.3 Å². The maximum atomic E-state index is 12.7. The van der Waals surface area contributed by atoms with Gasteiger partial charge in [-0.2, -0.15) is 0 Å². The lowest BCUT2D eigenvalue weighted by molar-refractivity contribution is -0.125. The molecule has 0 aliphatic carbocycles. The van der Waals surface area contributed by atoms with E-state index in [0.29, 0.717) is 18.0 Å². The summed E-state index contributed by atoms with van der Waals surface area (Å²) in [6.45, 7) is 2.39. The quantitative estimate of drug-likeness (QED) is 0.778. The van der Waals surface area contributed by atoms with Crippen molar-refractivity contribution in [3.05, 3.63) is 59.7 Å². The highest BCUT2D eigenvalue weighted by Crippen LogP contribution is 2.27. The molecule has 1 atom stereocenters. The minimum atomic E-state index is -0.0335. The van der Waals surface area contributed by atoms with Gasteiger partial charge in [0.15, 0.2) is 11.5 Å². The average molecular weight is 368 g/mol. The number of methoxy groups -OCH3 is 2. The first-order chi connectivity index (χ1) is 13.2. The second-order valence-electron chi connectivity index (χ2n) is 6.84. The Morgan fingerprint density at radius 3 is 2.59 bits per heavy atom. The Morgan fingerprint density at radius 1 is 1.07 bits per heavy atom. The monoisotopic (exact) mass is 368 g/mol. The third kappa shape index (κ3) is 5.01. The number of nitrogens with one attached hydrogen (secondary N) is 1. The van der Waals surface area contributed by atoms with E-state index < -0.39 is 0 Å². The maximum absolute atomic E-state index is 12.7. The normalized spacial score (nSPS) is 16.9. The molecule has 3 rings (SSSR count). The molecule has 27 heavy (non-hydrogen) atoms. The van der Waals surface area contributed by atoms with E-state index in [9.17, 15) is 4.79 Å². The molecule has 1 aliphatic heterocycles. The molecule has 1 amide bonds. The summed E-state index contributed by atoms with van der Waals surface area (Å²) in [5, 5.41) is 3.08. The number of likely N-dealkylation sites (tertiary alicyclic amines) is 1. The number of nitrogens with zero attached hydrogens (tertiary/aromatic N) is 1. The molecule has 2 aromatic rings. The van der Waals surface area contributed by atoms with Gasteiger partial charge in [0.1, 0.15) is 0 Å². The zero-order chi connectivity index (χ0) is 19.1. The molecule has 144 valence electrons. The van der Waals surface area contributed by atoms with Gasteiger partial charge in [0.25, 0.3) is 0 Å². The lowest BCUT2D eigenvalue weighted by Crippen LogP contribution is -2.43. The number of amides is 1. The summed E-state index contributed by atoms with van der Waals surface area (Å²) in [6, 6.07) is 16.1. The van der Waals surface area contributed by atoms with Gasteiger partial charge >= 0.3 is 0 Å². The third-order valence-corrected chi connectivity index (χ3v) is 5.11. The van der Waals surface area contributed by atoms with Gasteiger partial charge < -0.3 is 14.8 Å². The lowest BCUT2D eigenvalue weighted by Gasteiger charge is -2.23. The predicted molar refractivity (Wildman–Crippen MR) is 106 cm³/mol. The maximum Gasteiger partial charge on any atom is 0.237 e. The van der Waals surface area contributed by atoms with Crippen LogP contribution in [0.2, 0.25) is 0 Å². The van der Waals surface area contributed by atoms with Crippen molar-refractivity contribution in [1.82, 2.24) is 10.2 Å². The highest BCUT2D eigenvalue weighted by Gasteiger charge is 2.30. The molecule has 0 radical (unpaired) electrons. The van der Waals surface area contributed by atoms with Crippen molar-refractivity contribution in [1.29, 1.82) is 0 Å². The van der Waals surface area contributed by atoms with Gasteiger partial charge in [-0.15, -0.1) is 0 Å². The first kappa shape index (κ1) is 19.2. The first-order valence-electron chi connectivity index (χ1n) is 9.48. The standard InChI is InChI=1S/C22H28N2O3/c1-26-20-11-10-18(15-21(20)27-2)16-23-22(25)19-9-6-13-24(19)14-12-17-7-4-3-5-8-17/h3-5,7-8,10-11,15,19H,6,9,12-14,16H2,1-2H3,(H,23,25)/t19-/m0/s1. The molecule has 0 unspecified atom stereocenters. The van der Waals surface area contributed by atoms with Crippen LogP contribution in [0.1, 0.15) is 24.0 Å². The van der Waals surface area contributed by atoms with Crippen molar-refractivity contribution >= 4 is 5.91 Å². The van der Waals surface area contributed by atoms with E-state index in [1.165, 1.54) is 5.56 Å². The van der Waals surface area contributed by atoms with Crippen LogP contribution in [0.25, 0.3) is 0 Å². The van der Waals surface area contributed by atoms with Gasteiger partial charge in [-0.05, 0) is 49.1 Å². The minimum absolute atomic E-state index is 0.0335. The molecule has 0 spiro atoms. The zero-order valence-electron chi connectivity index (χ0n) is 16.1. The predicted octanol–water partition coefficient (Wildman–Crippen LogP) is 3.03. The molecule has 1 saturated heterocycles. The molecule has 1 heterocycles. The number of carbonyl (C=O) groups excluding carboxylic acids is 1. The van der Waals surface area contributed by atoms with E-state index in [1.54, 1.807) is 14.2 Å². The smallest absolute Gasteiger partial charge is 0.237 e. The van der Waals surface area contributed by atoms with Gasteiger partial charge in [-0.1, -0.05) is 36.4 Å². The van der Waals surface area contributed by atoms with Crippen molar-refractivity contribution in [2.45, 2.75) is 31.8 Å². The number of benzene rings is 2. The Hall–Kier alpha value is -2.53. The van der Waals surface area contributed by atoms with Gasteiger partial charge in [0.05, 0.1) is 20.3 Å². The fourth-order valence-electron chi connectivity index (χ4n) is 3.61. The van der Waals surface area contributed by atoms with Crippen LogP contribution in [-0.2, 0) is 17.8 Å². The van der Waals surface area contributed by atoms with Crippen LogP contribution >= 0.6 is 0 Å². The number of hydrogen-bond acceptors (Lipinski definition) is 4. The largest absolute Gasteiger partial charge is 0.493 e. The number of rotatable bonds is 8. The average Bonchev–Trinajstić information content (AvgIpc) is 3.19. The van der Waals surface area contributed by atoms with Gasteiger partial charge in [-0.25, -0.2) is 0 Å². The van der Waals surface area contributed by atoms with Crippen LogP contribution in [-0.4, -0.2) is 44.2 Å². The van der Waals surface area contributed by atoms with Crippen LogP contribution in [0, 0.1) is 0 Å². The number of ether oxygens (including phenoxy) is 2. The Morgan fingerprint density at radius 2 is 1.85 bits per heavy atom. The summed E-state index contributed by atoms with van der Waals surface area (Å²) in [6.07, 6.45) is 2.97. The van der Waals surface area contributed by atoms with E-state index in [-0.39, 0.29) is 11.9 Å². The van der Waals surface area contributed by atoms with Crippen LogP contribution < -0.4 is 14.8 Å². The molecule has 2 aromatic carbocycles. The van der Waals surface area contributed by atoms with Crippen molar-refractivity contribution in [3.8, 4) is 11.5 Å². The van der Waals surface area contributed by atoms with E-state index in [0.717, 1.165) is 37.9 Å². The number of hydrogen-bond donors (Lipinski definition) is 1. The van der Waals surface area contributed by atoms with Crippen LogP contribution in [0.4, 0.5) is 0 Å². The Labute approximate surface area is 161 Å². The highest BCUT2D eigenvalue weighted by molar-refractivity contribution is 5.82. The summed E-state index contributed by atoms with van der Waals surface area (Å²) in [5.41, 5.74) is 2.31. The van der Waals surface area contributed by atoms with Gasteiger partial charge in [0, 0.05) is 13.1 Å². The van der Waals surface area contributed by atoms with Crippen molar-refractivity contribution in [3.63, 3.8) is 0 Å². The fourth-order valence-corrected chi connectivity index (χ4v) is 3.61. The summed E-state index contributed by atoms with van der Waals surface area (Å²) in [5.74, 6) is 1.47. The van der Waals surface area contributed by atoms with Gasteiger partial charge in [-0.3, -0.25) is 9.69 Å². The summed E-state index contributed by atoms with van der Waals surface area (Å²) in [4.78, 5) is 15.0. The lowest BCUT2D eigenvalue weighted by atomic mass is 10.1. The van der Waals surface area contributed by atoms with E-state index >= 15 is 0 Å². The van der Waals surface area contributed by atoms with E-state index in [4.69, 9.17) is 9.47 Å². The molecule has 1 aliphatic rings. The van der Waals surface area contributed by atoms with Crippen LogP contribution in [0.3, 0.4) is 0 Å². The number of carbonyl (C=O) groups is 1. The molecule has 1 N–H and O–H groups in total. The van der Waals surface area contributed by atoms with Crippen LogP contribution in [0.15, 0.2) is 48.5 Å². The molecule has 5 heteroatoms. The molecule has 0 saturated carbocycles. The molecule has 0 aromatic heterocycles. The minimum Gasteiger partial charge on any atom is -0.493 e. The Balaban J connectivity index is 1.53. The topological polar surface area (TPSA) is 50.8 Å². The molecule has 5 nitrogen and oxygen atoms in total. The summed E-state index contributed by atoms with van der Waals surface area (Å²) in [7, 11) is 3.23. The zero-order valence-corrected chi connectivity index (χ0v) is 16.1. The SMILES string of the molecule is COc1ccc(CNC(=O)[C@@H]2CCCN2CCc2ccccc2)cc1OC. The second kappa shape index (κ2) is 9.42. The third-order valence-electron chi connectivity index (χ3n) is 5.11. The van der Waals surface area contributed by atoms with Crippen molar-refractivity contribution in [2.24, 2.45) is 0 Å². The molecule has 0 bridgehead atoms. The Kier molecular flexibility index (Phi) is 6.71. The van der Waals surface area contributed by atoms with E-state index in [2.05, 4.69) is 34.5 Å². The van der Waals surface area contributed by atoms with E-state index in [1.807, 2.05) is 24.3 Å². The molecular weight excluding hydrogens is 340 g/mol. The van der Waals surface area contributed by atoms with Gasteiger partial charge in [0.2, 0.25) is 5.91 Å². The first-order valence-corrected chi connectivity index (χ1v) is 9.48. The van der Waals surface area contributed by atoms with Crippen LogP contribution in [0.5, 0.6) is 11.5 Å². The highest BCUT2D eigenvalue weighted by atomic mass is 16.5. The fraction of sp³-hybridized carbons (Fsp3) is 0.409. The molecular formula is C22H28N2O3. The summed E-state index contributed by atoms with van der Waals surface area (Å²) < 4.78 is 10.6. The van der Waals surface area contributed by atoms with Crippen molar-refractivity contribution < 1.29 is 14.3 Å². The molecule has 1 fully saturated rings. The Bertz CT molecular complexity index is 748.